The highest BCUT2D eigenvalue weighted by Gasteiger charge is 2.26. The summed E-state index contributed by atoms with van der Waals surface area (Å²) in [5.74, 6) is 0.169. The van der Waals surface area contributed by atoms with Crippen LogP contribution in [0.1, 0.15) is 22.5 Å². The van der Waals surface area contributed by atoms with Gasteiger partial charge in [0, 0.05) is 61.5 Å². The zero-order valence-electron chi connectivity index (χ0n) is 17.1. The fourth-order valence-electron chi connectivity index (χ4n) is 3.03. The van der Waals surface area contributed by atoms with Gasteiger partial charge in [-0.25, -0.2) is 0 Å². The van der Waals surface area contributed by atoms with Gasteiger partial charge in [-0.05, 0) is 25.5 Å². The van der Waals surface area contributed by atoms with Gasteiger partial charge in [0.25, 0.3) is 5.91 Å². The van der Waals surface area contributed by atoms with Gasteiger partial charge < -0.3 is 32.2 Å². The predicted octanol–water partition coefficient (Wildman–Crippen LogP) is 0.176. The van der Waals surface area contributed by atoms with E-state index >= 15 is 0 Å². The quantitative estimate of drug-likeness (QED) is 0.134. The molecule has 10 heteroatoms. The van der Waals surface area contributed by atoms with Gasteiger partial charge in [-0.3, -0.25) is 9.48 Å². The summed E-state index contributed by atoms with van der Waals surface area (Å²) < 4.78 is 1.60. The highest BCUT2D eigenvalue weighted by Crippen LogP contribution is 2.11. The van der Waals surface area contributed by atoms with Crippen molar-refractivity contribution in [2.45, 2.75) is 25.0 Å². The van der Waals surface area contributed by atoms with Crippen LogP contribution >= 0.6 is 11.6 Å². The Morgan fingerprint density at radius 3 is 3.07 bits per heavy atom. The van der Waals surface area contributed by atoms with Gasteiger partial charge in [0.2, 0.25) is 0 Å². The first-order chi connectivity index (χ1) is 14.5. The number of hydrogen-bond donors (Lipinski definition) is 6. The van der Waals surface area contributed by atoms with Crippen LogP contribution in [0.3, 0.4) is 0 Å². The van der Waals surface area contributed by atoms with Gasteiger partial charge in [0.1, 0.15) is 0 Å². The minimum Gasteiger partial charge on any atom is -0.398 e. The number of nitrogens with zero attached hydrogens (tertiary/aromatic N) is 2. The number of aliphatic hydroxyl groups excluding tert-OH is 1. The van der Waals surface area contributed by atoms with Crippen molar-refractivity contribution >= 4 is 23.7 Å². The van der Waals surface area contributed by atoms with E-state index in [1.165, 1.54) is 6.21 Å². The number of carbonyl (C=O) groups is 1. The third kappa shape index (κ3) is 7.01. The highest BCUT2D eigenvalue weighted by molar-refractivity contribution is 6.18. The molecule has 2 unspecified atom stereocenters. The number of aromatic nitrogens is 2. The van der Waals surface area contributed by atoms with Crippen LogP contribution in [0.5, 0.6) is 0 Å². The van der Waals surface area contributed by atoms with E-state index < -0.39 is 6.10 Å². The molecular weight excluding hydrogens is 406 g/mol. The molecule has 0 aromatic carbocycles. The van der Waals surface area contributed by atoms with Crippen LogP contribution in [-0.4, -0.2) is 64.7 Å². The number of nitrogens with one attached hydrogen (secondary N) is 4. The summed E-state index contributed by atoms with van der Waals surface area (Å²) >= 11 is 5.61. The van der Waals surface area contributed by atoms with Crippen molar-refractivity contribution in [3.05, 3.63) is 53.2 Å². The molecule has 0 radical (unpaired) electrons. The van der Waals surface area contributed by atoms with E-state index in [9.17, 15) is 9.90 Å². The van der Waals surface area contributed by atoms with Crippen LogP contribution in [0.25, 0.3) is 0 Å². The lowest BCUT2D eigenvalue weighted by molar-refractivity contribution is 0.0760. The van der Waals surface area contributed by atoms with Gasteiger partial charge in [0.05, 0.1) is 12.1 Å². The molecule has 1 fully saturated rings. The molecular formula is C20H30ClN7O2. The van der Waals surface area contributed by atoms with Crippen molar-refractivity contribution in [3.8, 4) is 0 Å². The molecule has 0 saturated carbocycles. The number of aliphatic hydroxyl groups is 1. The Balaban J connectivity index is 2.01. The van der Waals surface area contributed by atoms with Crippen molar-refractivity contribution in [2.24, 2.45) is 12.8 Å². The predicted molar refractivity (Wildman–Crippen MR) is 119 cm³/mol. The number of piperidine rings is 1. The Morgan fingerprint density at radius 1 is 1.57 bits per heavy atom. The van der Waals surface area contributed by atoms with Crippen molar-refractivity contribution in [1.29, 1.82) is 5.41 Å². The van der Waals surface area contributed by atoms with E-state index in [-0.39, 0.29) is 11.9 Å². The normalized spacial score (nSPS) is 20.4. The highest BCUT2D eigenvalue weighted by atomic mass is 35.5. The lowest BCUT2D eigenvalue weighted by atomic mass is 10.0. The van der Waals surface area contributed by atoms with E-state index in [0.717, 1.165) is 12.1 Å². The fourth-order valence-corrected chi connectivity index (χ4v) is 3.14. The number of nitrogens with two attached hydrogens (primary N) is 1. The average Bonchev–Trinajstić information content (AvgIpc) is 3.11. The molecule has 2 rings (SSSR count). The first kappa shape index (κ1) is 23.7. The smallest absolute Gasteiger partial charge is 0.272 e. The molecule has 1 aliphatic heterocycles. The summed E-state index contributed by atoms with van der Waals surface area (Å²) in [7, 11) is 1.76. The maximum Gasteiger partial charge on any atom is 0.272 e. The third-order valence-electron chi connectivity index (χ3n) is 4.62. The number of β-amino-alcohol motifs (C(OH)–C–C–N with tert-alkyl or cyclic N) is 1. The molecule has 7 N–H and O–H groups in total. The molecule has 1 amide bonds. The van der Waals surface area contributed by atoms with Crippen LogP contribution in [0.2, 0.25) is 0 Å². The Bertz CT molecular complexity index is 816. The van der Waals surface area contributed by atoms with Crippen LogP contribution in [0.4, 0.5) is 0 Å². The second-order valence-electron chi connectivity index (χ2n) is 6.96. The number of amides is 1. The Labute approximate surface area is 181 Å². The Hall–Kier alpha value is -2.62. The van der Waals surface area contributed by atoms with Gasteiger partial charge in [-0.1, -0.05) is 12.2 Å². The molecule has 9 nitrogen and oxygen atoms in total. The Kier molecular flexibility index (Phi) is 9.59. The summed E-state index contributed by atoms with van der Waals surface area (Å²) in [5, 5.41) is 30.7. The lowest BCUT2D eigenvalue weighted by Gasteiger charge is -2.28. The molecule has 0 aliphatic carbocycles. The molecule has 0 bridgehead atoms. The maximum absolute atomic E-state index is 12.7. The standard InChI is InChI=1S/C20H30ClN7O2/c1-28-13-14(4-2-3-5-16(23)15(10-22)11-25-9-7-21)19(27-28)20(30)26-17-6-8-24-12-18(17)29/h2-3,5,10-11,13,17-18,22,24-25,29H,4,6-9,12,23H2,1H3,(H,26,30)/b3-2-,15-11+,16-5-,22-10?. The molecule has 0 spiro atoms. The number of halogens is 1. The number of rotatable bonds is 10. The summed E-state index contributed by atoms with van der Waals surface area (Å²) in [4.78, 5) is 12.7. The minimum absolute atomic E-state index is 0.286. The topological polar surface area (TPSA) is 141 Å². The SMILES string of the molecule is Cn1cc(C\C=C/C=C(N)/C(C=N)=C/NCCCl)c(C(=O)NC2CCNCC2O)n1. The number of alkyl halides is 1. The molecule has 164 valence electrons. The van der Waals surface area contributed by atoms with Crippen LogP contribution in [0.15, 0.2) is 41.9 Å². The van der Waals surface area contributed by atoms with Gasteiger partial charge in [-0.2, -0.15) is 5.10 Å². The molecule has 1 aliphatic rings. The second kappa shape index (κ2) is 12.2. The van der Waals surface area contributed by atoms with Crippen molar-refractivity contribution in [1.82, 2.24) is 25.7 Å². The van der Waals surface area contributed by atoms with Crippen molar-refractivity contribution < 1.29 is 9.90 Å². The molecule has 30 heavy (non-hydrogen) atoms. The van der Waals surface area contributed by atoms with Crippen LogP contribution in [0, 0.1) is 5.41 Å². The van der Waals surface area contributed by atoms with E-state index in [1.54, 1.807) is 36.3 Å². The fraction of sp³-hybridized carbons (Fsp3) is 0.450. The molecule has 1 aromatic heterocycles. The summed E-state index contributed by atoms with van der Waals surface area (Å²) in [6.45, 7) is 1.80. The zero-order valence-corrected chi connectivity index (χ0v) is 17.8. The van der Waals surface area contributed by atoms with Crippen LogP contribution in [-0.2, 0) is 13.5 Å². The Morgan fingerprint density at radius 2 is 2.37 bits per heavy atom. The third-order valence-corrected chi connectivity index (χ3v) is 4.81. The van der Waals surface area contributed by atoms with E-state index in [4.69, 9.17) is 22.7 Å². The van der Waals surface area contributed by atoms with Gasteiger partial charge in [-0.15, -0.1) is 11.6 Å². The van der Waals surface area contributed by atoms with Gasteiger partial charge in [0.15, 0.2) is 5.69 Å². The minimum atomic E-state index is -0.613. The van der Waals surface area contributed by atoms with Crippen molar-refractivity contribution in [2.75, 3.05) is 25.5 Å². The summed E-state index contributed by atoms with van der Waals surface area (Å²) in [5.41, 5.74) is 8.10. The number of carbonyl (C=O) groups excluding carboxylic acids is 1. The summed E-state index contributed by atoms with van der Waals surface area (Å²) in [6.07, 6.45) is 10.5. The first-order valence-electron chi connectivity index (χ1n) is 9.81. The molecule has 1 aromatic rings. The molecule has 2 heterocycles. The number of aryl methyl sites for hydroxylation is 1. The number of hydrogen-bond acceptors (Lipinski definition) is 7. The zero-order chi connectivity index (χ0) is 21.9. The lowest BCUT2D eigenvalue weighted by Crippen LogP contribution is -2.52. The van der Waals surface area contributed by atoms with Crippen LogP contribution < -0.4 is 21.7 Å². The van der Waals surface area contributed by atoms with Crippen molar-refractivity contribution in [3.63, 3.8) is 0 Å². The van der Waals surface area contributed by atoms with Gasteiger partial charge >= 0.3 is 0 Å². The molecule has 2 atom stereocenters. The average molecular weight is 436 g/mol. The summed E-state index contributed by atoms with van der Waals surface area (Å²) in [6, 6.07) is -0.286. The van der Waals surface area contributed by atoms with E-state index in [1.807, 2.05) is 6.08 Å². The molecule has 1 saturated heterocycles. The number of allylic oxidation sites excluding steroid dienone is 4. The monoisotopic (exact) mass is 435 g/mol. The second-order valence-corrected chi connectivity index (χ2v) is 7.34. The largest absolute Gasteiger partial charge is 0.398 e. The van der Waals surface area contributed by atoms with E-state index in [0.29, 0.717) is 48.8 Å². The van der Waals surface area contributed by atoms with E-state index in [2.05, 4.69) is 21.0 Å². The first-order valence-corrected chi connectivity index (χ1v) is 10.3. The maximum atomic E-state index is 12.7.